The van der Waals surface area contributed by atoms with Crippen molar-refractivity contribution >= 4 is 23.2 Å². The summed E-state index contributed by atoms with van der Waals surface area (Å²) < 4.78 is 5.90. The molecule has 0 N–H and O–H groups in total. The highest BCUT2D eigenvalue weighted by molar-refractivity contribution is 6.30. The van der Waals surface area contributed by atoms with Gasteiger partial charge >= 0.3 is 0 Å². The summed E-state index contributed by atoms with van der Waals surface area (Å²) in [5.41, 5.74) is 2.17. The van der Waals surface area contributed by atoms with E-state index in [-0.39, 0.29) is 0 Å². The Hall–Kier alpha value is -3.04. The van der Waals surface area contributed by atoms with Gasteiger partial charge in [0, 0.05) is 49.3 Å². The van der Waals surface area contributed by atoms with Gasteiger partial charge in [0.25, 0.3) is 0 Å². The number of hydrogen-bond donors (Lipinski definition) is 0. The maximum atomic E-state index is 9.43. The molecule has 0 unspecified atom stereocenters. The highest BCUT2D eigenvalue weighted by Crippen LogP contribution is 2.29. The van der Waals surface area contributed by atoms with Crippen LogP contribution in [-0.2, 0) is 0 Å². The zero-order valence-electron chi connectivity index (χ0n) is 14.0. The van der Waals surface area contributed by atoms with Crippen molar-refractivity contribution in [2.45, 2.75) is 0 Å². The number of nitriles is 1. The molecule has 0 radical (unpaired) electrons. The van der Waals surface area contributed by atoms with E-state index in [0.717, 1.165) is 42.5 Å². The Morgan fingerprint density at radius 3 is 2.58 bits per heavy atom. The monoisotopic (exact) mass is 365 g/mol. The van der Waals surface area contributed by atoms with Crippen LogP contribution < -0.4 is 9.80 Å². The van der Waals surface area contributed by atoms with Gasteiger partial charge < -0.3 is 14.2 Å². The van der Waals surface area contributed by atoms with Gasteiger partial charge in [0.05, 0.1) is 5.56 Å². The second-order valence-electron chi connectivity index (χ2n) is 5.98. The van der Waals surface area contributed by atoms with Gasteiger partial charge in [0.1, 0.15) is 6.07 Å². The van der Waals surface area contributed by atoms with E-state index in [9.17, 15) is 5.26 Å². The molecule has 1 saturated heterocycles. The summed E-state index contributed by atoms with van der Waals surface area (Å²) in [6, 6.07) is 13.7. The van der Waals surface area contributed by atoms with E-state index < -0.39 is 0 Å². The van der Waals surface area contributed by atoms with Crippen LogP contribution >= 0.6 is 11.6 Å². The average Bonchev–Trinajstić information content (AvgIpc) is 3.13. The summed E-state index contributed by atoms with van der Waals surface area (Å²) in [4.78, 5) is 12.7. The minimum Gasteiger partial charge on any atom is -0.419 e. The van der Waals surface area contributed by atoms with Gasteiger partial charge in [-0.3, -0.25) is 4.98 Å². The molecule has 1 aliphatic rings. The lowest BCUT2D eigenvalue weighted by Crippen LogP contribution is -2.46. The Labute approximate surface area is 156 Å². The van der Waals surface area contributed by atoms with Gasteiger partial charge in [-0.2, -0.15) is 10.2 Å². The molecule has 6 nitrogen and oxygen atoms in total. The molecule has 130 valence electrons. The summed E-state index contributed by atoms with van der Waals surface area (Å²) in [6.07, 6.45) is 3.36. The largest absolute Gasteiger partial charge is 0.419 e. The van der Waals surface area contributed by atoms with Crippen LogP contribution in [-0.4, -0.2) is 36.1 Å². The van der Waals surface area contributed by atoms with Gasteiger partial charge in [-0.25, -0.2) is 0 Å². The number of halogens is 1. The second-order valence-corrected chi connectivity index (χ2v) is 6.42. The van der Waals surface area contributed by atoms with Crippen LogP contribution in [0.4, 0.5) is 11.6 Å². The topological polar surface area (TPSA) is 69.2 Å². The van der Waals surface area contributed by atoms with Crippen LogP contribution in [0.15, 0.2) is 53.2 Å². The molecule has 26 heavy (non-hydrogen) atoms. The molecule has 0 atom stereocenters. The van der Waals surface area contributed by atoms with E-state index >= 15 is 0 Å². The van der Waals surface area contributed by atoms with Crippen LogP contribution in [0.3, 0.4) is 0 Å². The molecule has 2 aromatic heterocycles. The van der Waals surface area contributed by atoms with E-state index in [1.54, 1.807) is 12.4 Å². The average molecular weight is 366 g/mol. The maximum absolute atomic E-state index is 9.43. The number of aromatic nitrogens is 2. The first kappa shape index (κ1) is 16.4. The summed E-state index contributed by atoms with van der Waals surface area (Å²) in [6.45, 7) is 3.11. The Kier molecular flexibility index (Phi) is 4.46. The van der Waals surface area contributed by atoms with Crippen molar-refractivity contribution in [3.05, 3.63) is 59.5 Å². The Morgan fingerprint density at radius 2 is 1.88 bits per heavy atom. The molecule has 1 aliphatic heterocycles. The fraction of sp³-hybridized carbons (Fsp3) is 0.211. The molecule has 3 heterocycles. The molecule has 3 aromatic rings. The van der Waals surface area contributed by atoms with E-state index in [2.05, 4.69) is 31.9 Å². The SMILES string of the molecule is N#Cc1nc(-c2cccnc2)oc1N1CCN(c2cccc(Cl)c2)CC1. The second kappa shape index (κ2) is 7.06. The molecule has 0 amide bonds. The molecule has 0 bridgehead atoms. The van der Waals surface area contributed by atoms with Crippen molar-refractivity contribution < 1.29 is 4.42 Å². The van der Waals surface area contributed by atoms with Crippen LogP contribution in [0, 0.1) is 11.3 Å². The first-order chi connectivity index (χ1) is 12.7. The van der Waals surface area contributed by atoms with Crippen molar-refractivity contribution in [1.29, 1.82) is 5.26 Å². The zero-order chi connectivity index (χ0) is 17.9. The zero-order valence-corrected chi connectivity index (χ0v) is 14.7. The lowest BCUT2D eigenvalue weighted by atomic mass is 10.2. The predicted octanol–water partition coefficient (Wildman–Crippen LogP) is 3.59. The molecule has 0 aliphatic carbocycles. The summed E-state index contributed by atoms with van der Waals surface area (Å²) in [5.74, 6) is 0.944. The molecule has 0 spiro atoms. The van der Waals surface area contributed by atoms with Gasteiger partial charge in [-0.15, -0.1) is 0 Å². The third-order valence-corrected chi connectivity index (χ3v) is 4.60. The number of piperazine rings is 1. The van der Waals surface area contributed by atoms with Crippen LogP contribution in [0.25, 0.3) is 11.5 Å². The Bertz CT molecular complexity index is 942. The quantitative estimate of drug-likeness (QED) is 0.706. The van der Waals surface area contributed by atoms with Crippen molar-refractivity contribution in [3.8, 4) is 17.5 Å². The Morgan fingerprint density at radius 1 is 1.08 bits per heavy atom. The van der Waals surface area contributed by atoms with Crippen molar-refractivity contribution in [1.82, 2.24) is 9.97 Å². The molecule has 4 rings (SSSR count). The molecule has 7 heteroatoms. The summed E-state index contributed by atoms with van der Waals surface area (Å²) >= 11 is 6.09. The number of oxazole rings is 1. The molecule has 0 saturated carbocycles. The Balaban J connectivity index is 1.53. The minimum absolute atomic E-state index is 0.306. The third-order valence-electron chi connectivity index (χ3n) is 4.36. The fourth-order valence-electron chi connectivity index (χ4n) is 3.05. The van der Waals surface area contributed by atoms with Crippen molar-refractivity contribution in [2.24, 2.45) is 0 Å². The molecular formula is C19H16ClN5O. The normalized spacial score (nSPS) is 14.3. The lowest BCUT2D eigenvalue weighted by Gasteiger charge is -2.35. The van der Waals surface area contributed by atoms with E-state index in [4.69, 9.17) is 16.0 Å². The lowest BCUT2D eigenvalue weighted by molar-refractivity contribution is 0.531. The third kappa shape index (κ3) is 3.22. The number of benzene rings is 1. The number of nitrogens with zero attached hydrogens (tertiary/aromatic N) is 5. The minimum atomic E-state index is 0.306. The highest BCUT2D eigenvalue weighted by atomic mass is 35.5. The van der Waals surface area contributed by atoms with Gasteiger partial charge in [-0.1, -0.05) is 17.7 Å². The number of rotatable bonds is 3. The van der Waals surface area contributed by atoms with Gasteiger partial charge in [0.2, 0.25) is 17.5 Å². The smallest absolute Gasteiger partial charge is 0.235 e. The van der Waals surface area contributed by atoms with Gasteiger partial charge in [0.15, 0.2) is 0 Å². The van der Waals surface area contributed by atoms with Crippen molar-refractivity contribution in [3.63, 3.8) is 0 Å². The number of hydrogen-bond acceptors (Lipinski definition) is 6. The van der Waals surface area contributed by atoms with Crippen LogP contribution in [0.1, 0.15) is 5.69 Å². The van der Waals surface area contributed by atoms with Crippen LogP contribution in [0.5, 0.6) is 0 Å². The van der Waals surface area contributed by atoms with E-state index in [1.807, 2.05) is 30.3 Å². The van der Waals surface area contributed by atoms with E-state index in [0.29, 0.717) is 17.5 Å². The standard InChI is InChI=1S/C19H16ClN5O/c20-15-4-1-5-16(11-15)24-7-9-25(10-8-24)19-17(12-21)23-18(26-19)14-3-2-6-22-13-14/h1-6,11,13H,7-10H2. The van der Waals surface area contributed by atoms with Crippen molar-refractivity contribution in [2.75, 3.05) is 36.0 Å². The van der Waals surface area contributed by atoms with Crippen LogP contribution in [0.2, 0.25) is 5.02 Å². The summed E-state index contributed by atoms with van der Waals surface area (Å²) in [7, 11) is 0. The number of anilines is 2. The van der Waals surface area contributed by atoms with Gasteiger partial charge in [-0.05, 0) is 30.3 Å². The fourth-order valence-corrected chi connectivity index (χ4v) is 3.24. The molecule has 1 aromatic carbocycles. The summed E-state index contributed by atoms with van der Waals surface area (Å²) in [5, 5.41) is 10.2. The first-order valence-corrected chi connectivity index (χ1v) is 8.69. The highest BCUT2D eigenvalue weighted by Gasteiger charge is 2.24. The number of pyridine rings is 1. The predicted molar refractivity (Wildman–Crippen MR) is 100 cm³/mol. The van der Waals surface area contributed by atoms with E-state index in [1.165, 1.54) is 0 Å². The molecular weight excluding hydrogens is 350 g/mol. The maximum Gasteiger partial charge on any atom is 0.235 e. The molecule has 1 fully saturated rings. The first-order valence-electron chi connectivity index (χ1n) is 8.31.